The molecule has 0 spiro atoms. The standard InChI is InChI=1S/C31H44O2/c1-3-5-7-8-24-10-12-25(13-11-24)26-14-16-27(17-15-26)28-18-20-29(21-19-28)31-23-32-30(22-33-31)9-6-4-2/h14-21,24-25,30-31H,3-13,22-23H2,1-2H3/t24?,25?,30-,31-/m0/s1. The van der Waals surface area contributed by atoms with E-state index in [0.717, 1.165) is 18.3 Å². The molecule has 0 radical (unpaired) electrons. The summed E-state index contributed by atoms with van der Waals surface area (Å²) in [6.07, 6.45) is 15.1. The summed E-state index contributed by atoms with van der Waals surface area (Å²) in [7, 11) is 0. The van der Waals surface area contributed by atoms with Gasteiger partial charge in [0.05, 0.1) is 19.3 Å². The minimum atomic E-state index is 0.0661. The lowest BCUT2D eigenvalue weighted by Gasteiger charge is -2.30. The average molecular weight is 449 g/mol. The van der Waals surface area contributed by atoms with Gasteiger partial charge in [0.15, 0.2) is 0 Å². The maximum absolute atomic E-state index is 6.11. The van der Waals surface area contributed by atoms with E-state index in [1.807, 2.05) is 0 Å². The molecule has 1 saturated carbocycles. The number of benzene rings is 2. The van der Waals surface area contributed by atoms with Gasteiger partial charge in [-0.05, 0) is 66.2 Å². The smallest absolute Gasteiger partial charge is 0.106 e. The van der Waals surface area contributed by atoms with E-state index in [1.165, 1.54) is 86.5 Å². The van der Waals surface area contributed by atoms with Gasteiger partial charge < -0.3 is 9.47 Å². The molecule has 180 valence electrons. The molecule has 2 atom stereocenters. The molecule has 1 heterocycles. The quantitative estimate of drug-likeness (QED) is 0.338. The molecule has 2 fully saturated rings. The largest absolute Gasteiger partial charge is 0.373 e. The molecule has 0 N–H and O–H groups in total. The van der Waals surface area contributed by atoms with E-state index in [2.05, 4.69) is 62.4 Å². The van der Waals surface area contributed by atoms with Gasteiger partial charge in [-0.1, -0.05) is 101 Å². The van der Waals surface area contributed by atoms with Crippen molar-refractivity contribution < 1.29 is 9.47 Å². The fourth-order valence-electron chi connectivity index (χ4n) is 5.64. The third-order valence-corrected chi connectivity index (χ3v) is 7.91. The highest BCUT2D eigenvalue weighted by atomic mass is 16.6. The van der Waals surface area contributed by atoms with Crippen molar-refractivity contribution in [3.05, 3.63) is 59.7 Å². The second-order valence-corrected chi connectivity index (χ2v) is 10.4. The number of rotatable bonds is 10. The van der Waals surface area contributed by atoms with Gasteiger partial charge in [-0.2, -0.15) is 0 Å². The van der Waals surface area contributed by atoms with Crippen molar-refractivity contribution >= 4 is 0 Å². The molecule has 0 amide bonds. The Balaban J connectivity index is 1.27. The summed E-state index contributed by atoms with van der Waals surface area (Å²) < 4.78 is 12.2. The molecule has 2 heteroatoms. The highest BCUT2D eigenvalue weighted by Crippen LogP contribution is 2.38. The second-order valence-electron chi connectivity index (χ2n) is 10.4. The summed E-state index contributed by atoms with van der Waals surface area (Å²) >= 11 is 0. The molecular formula is C31H44O2. The van der Waals surface area contributed by atoms with Gasteiger partial charge >= 0.3 is 0 Å². The van der Waals surface area contributed by atoms with Crippen molar-refractivity contribution in [2.45, 2.75) is 103 Å². The van der Waals surface area contributed by atoms with Crippen LogP contribution in [0.15, 0.2) is 48.5 Å². The fourth-order valence-corrected chi connectivity index (χ4v) is 5.64. The van der Waals surface area contributed by atoms with E-state index >= 15 is 0 Å². The van der Waals surface area contributed by atoms with Gasteiger partial charge in [-0.15, -0.1) is 0 Å². The highest BCUT2D eigenvalue weighted by molar-refractivity contribution is 5.64. The Morgan fingerprint density at radius 3 is 1.85 bits per heavy atom. The Bertz CT molecular complexity index is 794. The van der Waals surface area contributed by atoms with Crippen LogP contribution in [0, 0.1) is 5.92 Å². The lowest BCUT2D eigenvalue weighted by molar-refractivity contribution is -0.137. The molecule has 2 nitrogen and oxygen atoms in total. The van der Waals surface area contributed by atoms with E-state index in [0.29, 0.717) is 13.2 Å². The van der Waals surface area contributed by atoms with E-state index in [-0.39, 0.29) is 12.2 Å². The first-order valence-corrected chi connectivity index (χ1v) is 13.7. The van der Waals surface area contributed by atoms with Crippen LogP contribution in [0.25, 0.3) is 11.1 Å². The molecule has 1 aliphatic heterocycles. The summed E-state index contributed by atoms with van der Waals surface area (Å²) in [5.74, 6) is 1.74. The van der Waals surface area contributed by atoms with Gasteiger partial charge in [0.25, 0.3) is 0 Å². The SMILES string of the molecule is CCCCCC1CCC(c2ccc(-c3ccc([C@@H]4CO[C@@H](CCCC)CO4)cc3)cc2)CC1. The summed E-state index contributed by atoms with van der Waals surface area (Å²) in [5, 5.41) is 0. The van der Waals surface area contributed by atoms with Crippen LogP contribution in [-0.2, 0) is 9.47 Å². The first-order valence-electron chi connectivity index (χ1n) is 13.7. The fraction of sp³-hybridized carbons (Fsp3) is 0.613. The van der Waals surface area contributed by atoms with Crippen LogP contribution in [0.4, 0.5) is 0 Å². The third-order valence-electron chi connectivity index (χ3n) is 7.91. The third kappa shape index (κ3) is 6.93. The second kappa shape index (κ2) is 12.7. The summed E-state index contributed by atoms with van der Waals surface area (Å²) in [4.78, 5) is 0. The molecule has 2 aromatic rings. The topological polar surface area (TPSA) is 18.5 Å². The molecule has 1 aliphatic carbocycles. The molecule has 0 bridgehead atoms. The minimum Gasteiger partial charge on any atom is -0.373 e. The van der Waals surface area contributed by atoms with E-state index < -0.39 is 0 Å². The number of unbranched alkanes of at least 4 members (excludes halogenated alkanes) is 3. The van der Waals surface area contributed by atoms with Crippen LogP contribution in [-0.4, -0.2) is 19.3 Å². The van der Waals surface area contributed by atoms with Crippen molar-refractivity contribution in [1.82, 2.24) is 0 Å². The van der Waals surface area contributed by atoms with Crippen LogP contribution < -0.4 is 0 Å². The predicted molar refractivity (Wildman–Crippen MR) is 139 cm³/mol. The van der Waals surface area contributed by atoms with Crippen LogP contribution in [0.5, 0.6) is 0 Å². The summed E-state index contributed by atoms with van der Waals surface area (Å²) in [6, 6.07) is 18.3. The van der Waals surface area contributed by atoms with Crippen molar-refractivity contribution in [3.8, 4) is 11.1 Å². The van der Waals surface area contributed by atoms with Crippen molar-refractivity contribution in [2.24, 2.45) is 5.92 Å². The molecular weight excluding hydrogens is 404 g/mol. The van der Waals surface area contributed by atoms with Crippen molar-refractivity contribution in [1.29, 1.82) is 0 Å². The Morgan fingerprint density at radius 1 is 0.636 bits per heavy atom. The molecule has 0 aromatic heterocycles. The Labute approximate surface area is 202 Å². The van der Waals surface area contributed by atoms with Crippen molar-refractivity contribution in [3.63, 3.8) is 0 Å². The van der Waals surface area contributed by atoms with E-state index in [1.54, 1.807) is 0 Å². The number of hydrogen-bond donors (Lipinski definition) is 0. The van der Waals surface area contributed by atoms with Gasteiger partial charge in [0.2, 0.25) is 0 Å². The zero-order chi connectivity index (χ0) is 22.9. The zero-order valence-electron chi connectivity index (χ0n) is 20.9. The highest BCUT2D eigenvalue weighted by Gasteiger charge is 2.24. The monoisotopic (exact) mass is 448 g/mol. The first-order chi connectivity index (χ1) is 16.3. The lowest BCUT2D eigenvalue weighted by atomic mass is 9.77. The average Bonchev–Trinajstić information content (AvgIpc) is 2.89. The molecule has 0 unspecified atom stereocenters. The van der Waals surface area contributed by atoms with Gasteiger partial charge in [-0.25, -0.2) is 0 Å². The number of ether oxygens (including phenoxy) is 2. The maximum atomic E-state index is 6.11. The van der Waals surface area contributed by atoms with E-state index in [9.17, 15) is 0 Å². The zero-order valence-corrected chi connectivity index (χ0v) is 20.9. The van der Waals surface area contributed by atoms with Gasteiger partial charge in [-0.3, -0.25) is 0 Å². The minimum absolute atomic E-state index is 0.0661. The Kier molecular flexibility index (Phi) is 9.44. The van der Waals surface area contributed by atoms with Crippen LogP contribution in [0.1, 0.15) is 108 Å². The van der Waals surface area contributed by atoms with Crippen molar-refractivity contribution in [2.75, 3.05) is 13.2 Å². The normalized spacial score (nSPS) is 25.8. The molecule has 4 rings (SSSR count). The Morgan fingerprint density at radius 2 is 1.27 bits per heavy atom. The van der Waals surface area contributed by atoms with E-state index in [4.69, 9.17) is 9.47 Å². The summed E-state index contributed by atoms with van der Waals surface area (Å²) in [6.45, 7) is 5.91. The molecule has 2 aliphatic rings. The lowest BCUT2D eigenvalue weighted by Crippen LogP contribution is -2.31. The van der Waals surface area contributed by atoms with Crippen LogP contribution in [0.2, 0.25) is 0 Å². The van der Waals surface area contributed by atoms with Gasteiger partial charge in [0, 0.05) is 0 Å². The predicted octanol–water partition coefficient (Wildman–Crippen LogP) is 8.85. The maximum Gasteiger partial charge on any atom is 0.106 e. The van der Waals surface area contributed by atoms with Gasteiger partial charge in [0.1, 0.15) is 6.10 Å². The Hall–Kier alpha value is -1.64. The first kappa shape index (κ1) is 24.5. The van der Waals surface area contributed by atoms with Crippen LogP contribution in [0.3, 0.4) is 0 Å². The van der Waals surface area contributed by atoms with Crippen LogP contribution >= 0.6 is 0 Å². The molecule has 1 saturated heterocycles. The molecule has 33 heavy (non-hydrogen) atoms. The molecule has 2 aromatic carbocycles. The number of hydrogen-bond acceptors (Lipinski definition) is 2. The summed E-state index contributed by atoms with van der Waals surface area (Å²) in [5.41, 5.74) is 5.34.